The van der Waals surface area contributed by atoms with E-state index in [1.807, 2.05) is 54.6 Å². The Hall–Kier alpha value is -3.34. The summed E-state index contributed by atoms with van der Waals surface area (Å²) >= 11 is 0. The van der Waals surface area contributed by atoms with Crippen molar-refractivity contribution in [2.24, 2.45) is 0 Å². The Morgan fingerprint density at radius 1 is 0.923 bits per heavy atom. The first-order valence-corrected chi connectivity index (χ1v) is 8.20. The molecule has 3 rings (SSSR count). The maximum Gasteiger partial charge on any atom is 0.253 e. The molecule has 0 aliphatic rings. The third-order valence-corrected chi connectivity index (χ3v) is 4.01. The summed E-state index contributed by atoms with van der Waals surface area (Å²) in [5.41, 5.74) is 3.33. The molecular formula is C21H20N2O3. The van der Waals surface area contributed by atoms with Crippen LogP contribution in [-0.2, 0) is 6.54 Å². The van der Waals surface area contributed by atoms with Crippen LogP contribution in [0.2, 0.25) is 0 Å². The van der Waals surface area contributed by atoms with Crippen LogP contribution >= 0.6 is 0 Å². The van der Waals surface area contributed by atoms with Crippen molar-refractivity contribution >= 4 is 5.91 Å². The predicted molar refractivity (Wildman–Crippen MR) is 100 cm³/mol. The Labute approximate surface area is 152 Å². The molecule has 0 spiro atoms. The number of rotatable bonds is 6. The molecule has 0 saturated carbocycles. The number of methoxy groups -OCH3 is 2. The van der Waals surface area contributed by atoms with Crippen molar-refractivity contribution in [2.75, 3.05) is 14.2 Å². The van der Waals surface area contributed by atoms with Crippen molar-refractivity contribution in [3.63, 3.8) is 0 Å². The van der Waals surface area contributed by atoms with E-state index in [0.717, 1.165) is 28.2 Å². The average molecular weight is 348 g/mol. The number of carbonyl (C=O) groups excluding carboxylic acids is 1. The lowest BCUT2D eigenvalue weighted by atomic mass is 10.1. The monoisotopic (exact) mass is 348 g/mol. The first-order chi connectivity index (χ1) is 12.7. The summed E-state index contributed by atoms with van der Waals surface area (Å²) in [6, 6.07) is 17.1. The van der Waals surface area contributed by atoms with Crippen LogP contribution in [0.25, 0.3) is 11.1 Å². The lowest BCUT2D eigenvalue weighted by Crippen LogP contribution is -2.22. The Morgan fingerprint density at radius 2 is 1.69 bits per heavy atom. The zero-order chi connectivity index (χ0) is 18.4. The van der Waals surface area contributed by atoms with Crippen molar-refractivity contribution in [1.29, 1.82) is 0 Å². The second-order valence-electron chi connectivity index (χ2n) is 5.72. The van der Waals surface area contributed by atoms with Crippen LogP contribution in [0.15, 0.2) is 67.0 Å². The van der Waals surface area contributed by atoms with E-state index in [-0.39, 0.29) is 5.91 Å². The van der Waals surface area contributed by atoms with Crippen molar-refractivity contribution in [2.45, 2.75) is 6.54 Å². The van der Waals surface area contributed by atoms with Crippen LogP contribution in [0.4, 0.5) is 0 Å². The van der Waals surface area contributed by atoms with Gasteiger partial charge in [-0.15, -0.1) is 0 Å². The molecule has 3 aromatic rings. The van der Waals surface area contributed by atoms with E-state index in [1.165, 1.54) is 0 Å². The van der Waals surface area contributed by atoms with Gasteiger partial charge in [0.05, 0.1) is 19.8 Å². The molecule has 0 bridgehead atoms. The van der Waals surface area contributed by atoms with Crippen molar-refractivity contribution in [1.82, 2.24) is 10.3 Å². The highest BCUT2D eigenvalue weighted by Gasteiger charge is 2.08. The van der Waals surface area contributed by atoms with E-state index in [9.17, 15) is 4.79 Å². The summed E-state index contributed by atoms with van der Waals surface area (Å²) in [6.45, 7) is 0.419. The number of nitrogens with one attached hydrogen (secondary N) is 1. The van der Waals surface area contributed by atoms with Gasteiger partial charge in [0.15, 0.2) is 0 Å². The first-order valence-electron chi connectivity index (χ1n) is 8.20. The smallest absolute Gasteiger partial charge is 0.253 e. The van der Waals surface area contributed by atoms with Crippen molar-refractivity contribution in [3.05, 3.63) is 78.1 Å². The molecule has 2 aromatic carbocycles. The van der Waals surface area contributed by atoms with Gasteiger partial charge in [-0.3, -0.25) is 9.78 Å². The van der Waals surface area contributed by atoms with E-state index in [0.29, 0.717) is 12.1 Å². The fourth-order valence-electron chi connectivity index (χ4n) is 2.57. The van der Waals surface area contributed by atoms with Crippen LogP contribution in [0.5, 0.6) is 11.5 Å². The van der Waals surface area contributed by atoms with Crippen LogP contribution in [0, 0.1) is 0 Å². The molecule has 0 saturated heterocycles. The number of nitrogens with zero attached hydrogens (tertiary/aromatic N) is 1. The maximum absolute atomic E-state index is 12.5. The van der Waals surface area contributed by atoms with E-state index in [4.69, 9.17) is 9.47 Å². The standard InChI is InChI=1S/C21H20N2O3/c1-25-19-8-6-16(7-9-19)17-11-18(14-22-13-17)21(24)23-12-15-4-3-5-20(10-15)26-2/h3-11,13-14H,12H2,1-2H3,(H,23,24). The molecule has 1 N–H and O–H groups in total. The molecule has 0 aliphatic carbocycles. The van der Waals surface area contributed by atoms with Crippen molar-refractivity contribution in [3.8, 4) is 22.6 Å². The minimum absolute atomic E-state index is 0.171. The highest BCUT2D eigenvalue weighted by molar-refractivity contribution is 5.95. The number of benzene rings is 2. The zero-order valence-electron chi connectivity index (χ0n) is 14.7. The Bertz CT molecular complexity index is 892. The lowest BCUT2D eigenvalue weighted by Gasteiger charge is -2.08. The summed E-state index contributed by atoms with van der Waals surface area (Å²) in [5, 5.41) is 2.91. The SMILES string of the molecule is COc1ccc(-c2cncc(C(=O)NCc3cccc(OC)c3)c2)cc1. The molecule has 5 nitrogen and oxygen atoms in total. The highest BCUT2D eigenvalue weighted by atomic mass is 16.5. The highest BCUT2D eigenvalue weighted by Crippen LogP contribution is 2.22. The van der Waals surface area contributed by atoms with Crippen molar-refractivity contribution < 1.29 is 14.3 Å². The number of pyridine rings is 1. The molecule has 1 heterocycles. The number of carbonyl (C=O) groups is 1. The molecule has 0 aliphatic heterocycles. The summed E-state index contributed by atoms with van der Waals surface area (Å²) < 4.78 is 10.4. The summed E-state index contributed by atoms with van der Waals surface area (Å²) in [6.07, 6.45) is 3.30. The third-order valence-electron chi connectivity index (χ3n) is 4.01. The summed E-state index contributed by atoms with van der Waals surface area (Å²) in [4.78, 5) is 16.6. The normalized spacial score (nSPS) is 10.2. The number of aromatic nitrogens is 1. The molecule has 0 fully saturated rings. The summed E-state index contributed by atoms with van der Waals surface area (Å²) in [5.74, 6) is 1.38. The van der Waals surface area contributed by atoms with Gasteiger partial charge in [-0.1, -0.05) is 24.3 Å². The zero-order valence-corrected chi connectivity index (χ0v) is 14.7. The van der Waals surface area contributed by atoms with Gasteiger partial charge < -0.3 is 14.8 Å². The van der Waals surface area contributed by atoms with Gasteiger partial charge in [-0.05, 0) is 41.5 Å². The average Bonchev–Trinajstić information content (AvgIpc) is 2.72. The Morgan fingerprint density at radius 3 is 2.42 bits per heavy atom. The largest absolute Gasteiger partial charge is 0.497 e. The molecule has 0 unspecified atom stereocenters. The van der Waals surface area contributed by atoms with Gasteiger partial charge in [0.2, 0.25) is 0 Å². The topological polar surface area (TPSA) is 60.5 Å². The first kappa shape index (κ1) is 17.5. The fourth-order valence-corrected chi connectivity index (χ4v) is 2.57. The molecule has 132 valence electrons. The summed E-state index contributed by atoms with van der Waals surface area (Å²) in [7, 11) is 3.25. The van der Waals surface area contributed by atoms with Gasteiger partial charge in [0.1, 0.15) is 11.5 Å². The van der Waals surface area contributed by atoms with Gasteiger partial charge in [-0.25, -0.2) is 0 Å². The van der Waals surface area contributed by atoms with Gasteiger partial charge in [-0.2, -0.15) is 0 Å². The third kappa shape index (κ3) is 4.19. The van der Waals surface area contributed by atoms with E-state index < -0.39 is 0 Å². The molecular weight excluding hydrogens is 328 g/mol. The second kappa shape index (κ2) is 8.16. The van der Waals surface area contributed by atoms with Gasteiger partial charge in [0.25, 0.3) is 5.91 Å². The molecule has 0 atom stereocenters. The molecule has 26 heavy (non-hydrogen) atoms. The molecule has 5 heteroatoms. The minimum atomic E-state index is -0.171. The van der Waals surface area contributed by atoms with E-state index in [2.05, 4.69) is 10.3 Å². The molecule has 1 amide bonds. The molecule has 1 aromatic heterocycles. The van der Waals surface area contributed by atoms with Crippen LogP contribution in [0.1, 0.15) is 15.9 Å². The fraction of sp³-hybridized carbons (Fsp3) is 0.143. The van der Waals surface area contributed by atoms with Gasteiger partial charge in [0, 0.05) is 24.5 Å². The van der Waals surface area contributed by atoms with Gasteiger partial charge >= 0.3 is 0 Å². The van der Waals surface area contributed by atoms with Crippen LogP contribution < -0.4 is 14.8 Å². The molecule has 0 radical (unpaired) electrons. The van der Waals surface area contributed by atoms with Crippen LogP contribution in [-0.4, -0.2) is 25.1 Å². The Balaban J connectivity index is 1.71. The lowest BCUT2D eigenvalue weighted by molar-refractivity contribution is 0.0950. The second-order valence-corrected chi connectivity index (χ2v) is 5.72. The quantitative estimate of drug-likeness (QED) is 0.738. The minimum Gasteiger partial charge on any atom is -0.497 e. The predicted octanol–water partition coefficient (Wildman–Crippen LogP) is 3.70. The van der Waals surface area contributed by atoms with E-state index in [1.54, 1.807) is 26.6 Å². The number of amides is 1. The maximum atomic E-state index is 12.5. The van der Waals surface area contributed by atoms with Crippen LogP contribution in [0.3, 0.4) is 0 Å². The number of hydrogen-bond donors (Lipinski definition) is 1. The number of hydrogen-bond acceptors (Lipinski definition) is 4. The number of ether oxygens (including phenoxy) is 2. The van der Waals surface area contributed by atoms with E-state index >= 15 is 0 Å². The Kier molecular flexibility index (Phi) is 5.49.